The number of rotatable bonds is 5. The maximum atomic E-state index is 4.62. The standard InChI is InChI=1S/C21H24N4/c1-14-8-5-6-11-18(14)13-22-21-23-17(4)12-19(25-21)24-20-15(2)9-7-10-16(20)3/h5-12H,13H2,1-4H3,(H2,22,23,24,25). The molecule has 0 radical (unpaired) electrons. The predicted molar refractivity (Wildman–Crippen MR) is 104 cm³/mol. The van der Waals surface area contributed by atoms with Crippen LogP contribution in [0.15, 0.2) is 48.5 Å². The molecule has 0 saturated heterocycles. The zero-order chi connectivity index (χ0) is 17.8. The van der Waals surface area contributed by atoms with Crippen molar-refractivity contribution >= 4 is 17.5 Å². The number of benzene rings is 2. The zero-order valence-corrected chi connectivity index (χ0v) is 15.2. The topological polar surface area (TPSA) is 49.8 Å². The van der Waals surface area contributed by atoms with Gasteiger partial charge in [0.1, 0.15) is 5.82 Å². The summed E-state index contributed by atoms with van der Waals surface area (Å²) in [4.78, 5) is 9.13. The number of nitrogens with one attached hydrogen (secondary N) is 2. The van der Waals surface area contributed by atoms with Crippen LogP contribution in [0.1, 0.15) is 27.9 Å². The molecule has 0 spiro atoms. The van der Waals surface area contributed by atoms with Crippen LogP contribution in [0.25, 0.3) is 0 Å². The van der Waals surface area contributed by atoms with Gasteiger partial charge < -0.3 is 10.6 Å². The van der Waals surface area contributed by atoms with Crippen molar-refractivity contribution in [2.45, 2.75) is 34.2 Å². The molecular formula is C21H24N4. The van der Waals surface area contributed by atoms with Crippen molar-refractivity contribution in [1.82, 2.24) is 9.97 Å². The van der Waals surface area contributed by atoms with E-state index in [1.807, 2.05) is 13.0 Å². The normalized spacial score (nSPS) is 10.6. The Morgan fingerprint density at radius 2 is 1.48 bits per heavy atom. The number of aryl methyl sites for hydroxylation is 4. The quantitative estimate of drug-likeness (QED) is 0.685. The molecule has 25 heavy (non-hydrogen) atoms. The molecule has 0 atom stereocenters. The summed E-state index contributed by atoms with van der Waals surface area (Å²) in [6, 6.07) is 16.6. The lowest BCUT2D eigenvalue weighted by Crippen LogP contribution is -2.07. The Hall–Kier alpha value is -2.88. The molecule has 3 rings (SSSR count). The van der Waals surface area contributed by atoms with Gasteiger partial charge in [-0.3, -0.25) is 0 Å². The van der Waals surface area contributed by atoms with Gasteiger partial charge in [0.25, 0.3) is 0 Å². The van der Waals surface area contributed by atoms with Crippen LogP contribution in [0.3, 0.4) is 0 Å². The van der Waals surface area contributed by atoms with Crippen molar-refractivity contribution in [3.05, 3.63) is 76.5 Å². The largest absolute Gasteiger partial charge is 0.350 e. The number of para-hydroxylation sites is 1. The summed E-state index contributed by atoms with van der Waals surface area (Å²) in [6.07, 6.45) is 0. The molecule has 4 nitrogen and oxygen atoms in total. The number of aromatic nitrogens is 2. The van der Waals surface area contributed by atoms with E-state index in [2.05, 4.69) is 83.8 Å². The van der Waals surface area contributed by atoms with Gasteiger partial charge in [-0.25, -0.2) is 4.98 Å². The first-order valence-corrected chi connectivity index (χ1v) is 8.50. The van der Waals surface area contributed by atoms with Gasteiger partial charge in [-0.2, -0.15) is 4.98 Å². The molecule has 0 amide bonds. The Balaban J connectivity index is 1.80. The molecule has 0 fully saturated rings. The highest BCUT2D eigenvalue weighted by atomic mass is 15.1. The summed E-state index contributed by atoms with van der Waals surface area (Å²) >= 11 is 0. The molecule has 3 aromatic rings. The summed E-state index contributed by atoms with van der Waals surface area (Å²) in [6.45, 7) is 9.00. The fraction of sp³-hybridized carbons (Fsp3) is 0.238. The third-order valence-electron chi connectivity index (χ3n) is 4.29. The van der Waals surface area contributed by atoms with Crippen LogP contribution < -0.4 is 10.6 Å². The number of anilines is 3. The third kappa shape index (κ3) is 4.15. The van der Waals surface area contributed by atoms with Gasteiger partial charge >= 0.3 is 0 Å². The summed E-state index contributed by atoms with van der Waals surface area (Å²) in [5.41, 5.74) is 6.94. The molecule has 1 aromatic heterocycles. The summed E-state index contributed by atoms with van der Waals surface area (Å²) in [5.74, 6) is 1.44. The van der Waals surface area contributed by atoms with E-state index in [-0.39, 0.29) is 0 Å². The van der Waals surface area contributed by atoms with Gasteiger partial charge in [0.15, 0.2) is 0 Å². The highest BCUT2D eigenvalue weighted by Crippen LogP contribution is 2.24. The van der Waals surface area contributed by atoms with Gasteiger partial charge in [-0.15, -0.1) is 0 Å². The smallest absolute Gasteiger partial charge is 0.225 e. The lowest BCUT2D eigenvalue weighted by atomic mass is 10.1. The van der Waals surface area contributed by atoms with Crippen molar-refractivity contribution in [3.8, 4) is 0 Å². The highest BCUT2D eigenvalue weighted by Gasteiger charge is 2.07. The van der Waals surface area contributed by atoms with E-state index >= 15 is 0 Å². The Morgan fingerprint density at radius 1 is 0.800 bits per heavy atom. The van der Waals surface area contributed by atoms with E-state index in [9.17, 15) is 0 Å². The number of nitrogens with zero attached hydrogens (tertiary/aromatic N) is 2. The second-order valence-electron chi connectivity index (χ2n) is 6.39. The van der Waals surface area contributed by atoms with Crippen LogP contribution in [-0.4, -0.2) is 9.97 Å². The molecule has 128 valence electrons. The zero-order valence-electron chi connectivity index (χ0n) is 15.2. The van der Waals surface area contributed by atoms with Crippen molar-refractivity contribution in [2.75, 3.05) is 10.6 Å². The van der Waals surface area contributed by atoms with Gasteiger partial charge in [0, 0.05) is 24.0 Å². The minimum absolute atomic E-state index is 0.636. The van der Waals surface area contributed by atoms with E-state index < -0.39 is 0 Å². The second-order valence-corrected chi connectivity index (χ2v) is 6.39. The van der Waals surface area contributed by atoms with E-state index in [1.165, 1.54) is 22.3 Å². The Kier molecular flexibility index (Phi) is 4.98. The predicted octanol–water partition coefficient (Wildman–Crippen LogP) is 5.07. The number of hydrogen-bond acceptors (Lipinski definition) is 4. The van der Waals surface area contributed by atoms with E-state index in [4.69, 9.17) is 0 Å². The SMILES string of the molecule is Cc1cc(Nc2c(C)cccc2C)nc(NCc2ccccc2C)n1. The molecule has 0 bridgehead atoms. The Bertz CT molecular complexity index is 867. The van der Waals surface area contributed by atoms with Crippen molar-refractivity contribution in [3.63, 3.8) is 0 Å². The maximum absolute atomic E-state index is 4.62. The van der Waals surface area contributed by atoms with Gasteiger partial charge in [0.05, 0.1) is 0 Å². The summed E-state index contributed by atoms with van der Waals surface area (Å²) < 4.78 is 0. The van der Waals surface area contributed by atoms with Crippen LogP contribution in [0.2, 0.25) is 0 Å². The Labute approximate surface area is 149 Å². The first-order chi connectivity index (χ1) is 12.0. The monoisotopic (exact) mass is 332 g/mol. The third-order valence-corrected chi connectivity index (χ3v) is 4.29. The minimum atomic E-state index is 0.636. The molecule has 0 aliphatic carbocycles. The second kappa shape index (κ2) is 7.34. The molecule has 0 saturated carbocycles. The number of hydrogen-bond donors (Lipinski definition) is 2. The summed E-state index contributed by atoms with van der Waals surface area (Å²) in [5, 5.41) is 6.78. The van der Waals surface area contributed by atoms with Gasteiger partial charge in [-0.05, 0) is 49.9 Å². The van der Waals surface area contributed by atoms with Crippen molar-refractivity contribution in [1.29, 1.82) is 0 Å². The molecule has 2 aromatic carbocycles. The van der Waals surface area contributed by atoms with Crippen LogP contribution in [0.5, 0.6) is 0 Å². The fourth-order valence-corrected chi connectivity index (χ4v) is 2.83. The molecule has 2 N–H and O–H groups in total. The molecule has 1 heterocycles. The van der Waals surface area contributed by atoms with Gasteiger partial charge in [0.2, 0.25) is 5.95 Å². The average Bonchev–Trinajstić information content (AvgIpc) is 2.57. The van der Waals surface area contributed by atoms with Crippen LogP contribution >= 0.6 is 0 Å². The highest BCUT2D eigenvalue weighted by molar-refractivity contribution is 5.65. The molecule has 0 aliphatic heterocycles. The van der Waals surface area contributed by atoms with Crippen molar-refractivity contribution in [2.24, 2.45) is 0 Å². The fourth-order valence-electron chi connectivity index (χ4n) is 2.83. The lowest BCUT2D eigenvalue weighted by Gasteiger charge is -2.14. The van der Waals surface area contributed by atoms with Gasteiger partial charge in [-0.1, -0.05) is 42.5 Å². The van der Waals surface area contributed by atoms with E-state index in [0.29, 0.717) is 12.5 Å². The Morgan fingerprint density at radius 3 is 2.20 bits per heavy atom. The first-order valence-electron chi connectivity index (χ1n) is 8.50. The lowest BCUT2D eigenvalue weighted by molar-refractivity contribution is 1.02. The maximum Gasteiger partial charge on any atom is 0.225 e. The first kappa shape index (κ1) is 17.0. The summed E-state index contributed by atoms with van der Waals surface area (Å²) in [7, 11) is 0. The molecule has 0 unspecified atom stereocenters. The van der Waals surface area contributed by atoms with E-state index in [1.54, 1.807) is 0 Å². The van der Waals surface area contributed by atoms with Crippen LogP contribution in [-0.2, 0) is 6.54 Å². The molecule has 0 aliphatic rings. The van der Waals surface area contributed by atoms with Crippen LogP contribution in [0.4, 0.5) is 17.5 Å². The van der Waals surface area contributed by atoms with Crippen LogP contribution in [0, 0.1) is 27.7 Å². The molecule has 4 heteroatoms. The van der Waals surface area contributed by atoms with E-state index in [0.717, 1.165) is 17.2 Å². The van der Waals surface area contributed by atoms with Crippen molar-refractivity contribution < 1.29 is 0 Å². The molecular weight excluding hydrogens is 308 g/mol. The minimum Gasteiger partial charge on any atom is -0.350 e. The average molecular weight is 332 g/mol.